The van der Waals surface area contributed by atoms with E-state index >= 15 is 0 Å². The maximum absolute atomic E-state index is 10.4. The molecule has 0 aromatic rings. The smallest absolute Gasteiger partial charge is 0.247 e. The minimum Gasteiger partial charge on any atom is -0.382 e. The summed E-state index contributed by atoms with van der Waals surface area (Å²) in [5.74, 6) is -0.656. The molecule has 64 valence electrons. The number of carbonyl (C=O) groups is 1. The van der Waals surface area contributed by atoms with Crippen LogP contribution in [0, 0.1) is 0 Å². The zero-order valence-electron chi connectivity index (χ0n) is 6.42. The highest BCUT2D eigenvalue weighted by atomic mass is 16.3. The van der Waals surface area contributed by atoms with Gasteiger partial charge >= 0.3 is 0 Å². The van der Waals surface area contributed by atoms with Crippen LogP contribution in [-0.2, 0) is 4.79 Å². The monoisotopic (exact) mass is 158 g/mol. The number of nitrogens with two attached hydrogens (primary N) is 1. The second-order valence-corrected chi connectivity index (χ2v) is 2.95. The molecule has 1 aliphatic carbocycles. The second-order valence-electron chi connectivity index (χ2n) is 2.95. The Kier molecular flexibility index (Phi) is 2.84. The van der Waals surface area contributed by atoms with Gasteiger partial charge in [0.25, 0.3) is 0 Å². The van der Waals surface area contributed by atoms with Crippen LogP contribution in [0.25, 0.3) is 0 Å². The highest BCUT2D eigenvalue weighted by Crippen LogP contribution is 2.17. The van der Waals surface area contributed by atoms with Crippen molar-refractivity contribution in [2.75, 3.05) is 6.54 Å². The van der Waals surface area contributed by atoms with Crippen molar-refractivity contribution < 1.29 is 9.90 Å². The Morgan fingerprint density at radius 1 is 1.73 bits per heavy atom. The number of amides is 1. The van der Waals surface area contributed by atoms with Gasteiger partial charge in [0.2, 0.25) is 5.91 Å². The summed E-state index contributed by atoms with van der Waals surface area (Å²) >= 11 is 0. The topological polar surface area (TPSA) is 75.4 Å². The van der Waals surface area contributed by atoms with Gasteiger partial charge in [0.15, 0.2) is 0 Å². The first-order valence-electron chi connectivity index (χ1n) is 3.91. The van der Waals surface area contributed by atoms with Crippen LogP contribution in [0.5, 0.6) is 0 Å². The van der Waals surface area contributed by atoms with Crippen LogP contribution in [0.15, 0.2) is 0 Å². The largest absolute Gasteiger partial charge is 0.382 e. The summed E-state index contributed by atoms with van der Waals surface area (Å²) in [5.41, 5.74) is 4.85. The average molecular weight is 158 g/mol. The molecule has 0 aromatic heterocycles. The van der Waals surface area contributed by atoms with E-state index in [-0.39, 0.29) is 0 Å². The Bertz CT molecular complexity index is 145. The molecule has 1 rings (SSSR count). The molecule has 4 nitrogen and oxygen atoms in total. The third kappa shape index (κ3) is 2.48. The molecule has 1 amide bonds. The van der Waals surface area contributed by atoms with Crippen molar-refractivity contribution in [3.05, 3.63) is 0 Å². The molecular formula is C7H14N2O2. The first-order chi connectivity index (χ1) is 5.20. The van der Waals surface area contributed by atoms with Crippen LogP contribution < -0.4 is 11.1 Å². The predicted molar refractivity (Wildman–Crippen MR) is 40.8 cm³/mol. The van der Waals surface area contributed by atoms with E-state index in [9.17, 15) is 4.79 Å². The van der Waals surface area contributed by atoms with E-state index in [1.54, 1.807) is 0 Å². The van der Waals surface area contributed by atoms with Crippen molar-refractivity contribution in [2.45, 2.75) is 31.4 Å². The van der Waals surface area contributed by atoms with Gasteiger partial charge in [-0.15, -0.1) is 0 Å². The zero-order valence-corrected chi connectivity index (χ0v) is 6.42. The van der Waals surface area contributed by atoms with Gasteiger partial charge in [-0.3, -0.25) is 4.79 Å². The summed E-state index contributed by atoms with van der Waals surface area (Å²) in [4.78, 5) is 10.4. The normalized spacial score (nSPS) is 20.8. The Labute approximate surface area is 65.8 Å². The average Bonchev–Trinajstić information content (AvgIpc) is 1.83. The van der Waals surface area contributed by atoms with E-state index in [0.717, 1.165) is 12.8 Å². The Morgan fingerprint density at radius 3 is 2.73 bits per heavy atom. The number of aliphatic hydroxyl groups is 1. The minimum absolute atomic E-state index is 0.292. The number of aliphatic hydroxyl groups excluding tert-OH is 1. The standard InChI is InChI=1S/C7H14N2O2/c8-7(11)6(10)4-9-5-2-1-3-5/h5-6,9-10H,1-4H2,(H2,8,11). The molecule has 4 heteroatoms. The molecule has 1 saturated carbocycles. The molecule has 11 heavy (non-hydrogen) atoms. The van der Waals surface area contributed by atoms with Gasteiger partial charge in [-0.05, 0) is 12.8 Å². The molecule has 4 N–H and O–H groups in total. The minimum atomic E-state index is -1.03. The number of rotatable bonds is 4. The molecule has 0 radical (unpaired) electrons. The van der Waals surface area contributed by atoms with Crippen LogP contribution in [-0.4, -0.2) is 29.7 Å². The molecule has 1 fully saturated rings. The van der Waals surface area contributed by atoms with E-state index in [1.807, 2.05) is 0 Å². The third-order valence-electron chi connectivity index (χ3n) is 2.03. The molecule has 1 atom stereocenters. The molecular weight excluding hydrogens is 144 g/mol. The summed E-state index contributed by atoms with van der Waals surface area (Å²) in [6.45, 7) is 0.292. The van der Waals surface area contributed by atoms with Gasteiger partial charge in [0.05, 0.1) is 0 Å². The molecule has 0 heterocycles. The number of nitrogens with one attached hydrogen (secondary N) is 1. The number of hydrogen-bond donors (Lipinski definition) is 3. The molecule has 1 unspecified atom stereocenters. The zero-order chi connectivity index (χ0) is 8.27. The lowest BCUT2D eigenvalue weighted by atomic mass is 9.93. The Hall–Kier alpha value is -0.610. The van der Waals surface area contributed by atoms with E-state index in [1.165, 1.54) is 6.42 Å². The first-order valence-corrected chi connectivity index (χ1v) is 3.91. The summed E-state index contributed by atoms with van der Waals surface area (Å²) < 4.78 is 0. The third-order valence-corrected chi connectivity index (χ3v) is 2.03. The van der Waals surface area contributed by atoms with Crippen LogP contribution in [0.2, 0.25) is 0 Å². The lowest BCUT2D eigenvalue weighted by Crippen LogP contribution is -2.44. The molecule has 0 aromatic carbocycles. The van der Waals surface area contributed by atoms with Crippen molar-refractivity contribution in [1.29, 1.82) is 0 Å². The number of primary amides is 1. The van der Waals surface area contributed by atoms with Crippen LogP contribution in [0.4, 0.5) is 0 Å². The van der Waals surface area contributed by atoms with Crippen molar-refractivity contribution in [1.82, 2.24) is 5.32 Å². The van der Waals surface area contributed by atoms with Crippen molar-refractivity contribution in [3.63, 3.8) is 0 Å². The van der Waals surface area contributed by atoms with E-state index in [2.05, 4.69) is 5.32 Å². The molecule has 0 saturated heterocycles. The maximum atomic E-state index is 10.4. The maximum Gasteiger partial charge on any atom is 0.247 e. The van der Waals surface area contributed by atoms with Crippen LogP contribution in [0.1, 0.15) is 19.3 Å². The highest BCUT2D eigenvalue weighted by Gasteiger charge is 2.19. The molecule has 1 aliphatic rings. The summed E-state index contributed by atoms with van der Waals surface area (Å²) in [6, 6.07) is 0.490. The Balaban J connectivity index is 2.05. The number of hydrogen-bond acceptors (Lipinski definition) is 3. The van der Waals surface area contributed by atoms with E-state index in [4.69, 9.17) is 10.8 Å². The fourth-order valence-corrected chi connectivity index (χ4v) is 0.991. The van der Waals surface area contributed by atoms with Gasteiger partial charge in [-0.1, -0.05) is 6.42 Å². The summed E-state index contributed by atoms with van der Waals surface area (Å²) in [6.07, 6.45) is 2.50. The van der Waals surface area contributed by atoms with Crippen LogP contribution in [0.3, 0.4) is 0 Å². The fourth-order valence-electron chi connectivity index (χ4n) is 0.991. The lowest BCUT2D eigenvalue weighted by molar-refractivity contribution is -0.125. The predicted octanol–water partition coefficient (Wildman–Crippen LogP) is -1.03. The van der Waals surface area contributed by atoms with E-state index < -0.39 is 12.0 Å². The Morgan fingerprint density at radius 2 is 2.36 bits per heavy atom. The summed E-state index contributed by atoms with van der Waals surface area (Å²) in [5, 5.41) is 12.0. The SMILES string of the molecule is NC(=O)C(O)CNC1CCC1. The van der Waals surface area contributed by atoms with Gasteiger partial charge in [0, 0.05) is 12.6 Å². The highest BCUT2D eigenvalue weighted by molar-refractivity contribution is 5.78. The van der Waals surface area contributed by atoms with Gasteiger partial charge in [0.1, 0.15) is 6.10 Å². The lowest BCUT2D eigenvalue weighted by Gasteiger charge is -2.27. The fraction of sp³-hybridized carbons (Fsp3) is 0.857. The van der Waals surface area contributed by atoms with Gasteiger partial charge in [-0.25, -0.2) is 0 Å². The second kappa shape index (κ2) is 3.69. The number of carbonyl (C=O) groups excluding carboxylic acids is 1. The quantitative estimate of drug-likeness (QED) is 0.490. The van der Waals surface area contributed by atoms with Crippen molar-refractivity contribution in [3.8, 4) is 0 Å². The van der Waals surface area contributed by atoms with Crippen molar-refractivity contribution >= 4 is 5.91 Å². The van der Waals surface area contributed by atoms with E-state index in [0.29, 0.717) is 12.6 Å². The van der Waals surface area contributed by atoms with Gasteiger partial charge < -0.3 is 16.2 Å². The first kappa shape index (κ1) is 8.49. The van der Waals surface area contributed by atoms with Gasteiger partial charge in [-0.2, -0.15) is 0 Å². The molecule has 0 spiro atoms. The molecule has 0 bridgehead atoms. The molecule has 0 aliphatic heterocycles. The van der Waals surface area contributed by atoms with Crippen LogP contribution >= 0.6 is 0 Å². The summed E-state index contributed by atoms with van der Waals surface area (Å²) in [7, 11) is 0. The van der Waals surface area contributed by atoms with Crippen molar-refractivity contribution in [2.24, 2.45) is 5.73 Å².